The van der Waals surface area contributed by atoms with Gasteiger partial charge in [0, 0.05) is 13.1 Å². The predicted molar refractivity (Wildman–Crippen MR) is 91.9 cm³/mol. The lowest BCUT2D eigenvalue weighted by Crippen LogP contribution is -2.39. The van der Waals surface area contributed by atoms with E-state index >= 15 is 0 Å². The number of carbonyl (C=O) groups excluding carboxylic acids is 1. The second kappa shape index (κ2) is 6.85. The van der Waals surface area contributed by atoms with E-state index < -0.39 is 0 Å². The molecule has 1 fully saturated rings. The Balaban J connectivity index is 2.15. The molecule has 2 rings (SSSR count). The zero-order valence-electron chi connectivity index (χ0n) is 15.3. The van der Waals surface area contributed by atoms with Gasteiger partial charge in [0.15, 0.2) is 0 Å². The number of aromatic nitrogens is 2. The molecule has 5 nitrogen and oxygen atoms in total. The largest absolute Gasteiger partial charge is 0.462 e. The average molecular weight is 319 g/mol. The first-order chi connectivity index (χ1) is 10.7. The summed E-state index contributed by atoms with van der Waals surface area (Å²) in [4.78, 5) is 23.4. The third-order valence-corrected chi connectivity index (χ3v) is 4.74. The minimum Gasteiger partial charge on any atom is -0.462 e. The maximum Gasteiger partial charge on any atom is 0.341 e. The van der Waals surface area contributed by atoms with Crippen LogP contribution in [0.4, 0.5) is 5.95 Å². The van der Waals surface area contributed by atoms with Gasteiger partial charge in [-0.15, -0.1) is 0 Å². The molecule has 0 amide bonds. The molecule has 5 heteroatoms. The Hall–Kier alpha value is -1.65. The fourth-order valence-electron chi connectivity index (χ4n) is 3.28. The lowest BCUT2D eigenvalue weighted by atomic mass is 9.75. The Morgan fingerprint density at radius 2 is 1.70 bits per heavy atom. The van der Waals surface area contributed by atoms with Crippen molar-refractivity contribution in [3.05, 3.63) is 17.0 Å². The minimum atomic E-state index is -0.333. The molecule has 128 valence electrons. The Morgan fingerprint density at radius 1 is 1.17 bits per heavy atom. The number of aryl methyl sites for hydroxylation is 2. The molecule has 0 saturated carbocycles. The number of anilines is 1. The summed E-state index contributed by atoms with van der Waals surface area (Å²) < 4.78 is 5.09. The lowest BCUT2D eigenvalue weighted by Gasteiger charge is -2.38. The molecule has 1 saturated heterocycles. The molecular formula is C18H29N3O2. The minimum absolute atomic E-state index is 0.333. The van der Waals surface area contributed by atoms with Crippen LogP contribution in [0.1, 0.15) is 62.3 Å². The van der Waals surface area contributed by atoms with Gasteiger partial charge in [-0.25, -0.2) is 14.8 Å². The Labute approximate surface area is 139 Å². The summed E-state index contributed by atoms with van der Waals surface area (Å²) in [6, 6.07) is 0. The van der Waals surface area contributed by atoms with E-state index in [1.165, 1.54) is 0 Å². The zero-order chi connectivity index (χ0) is 17.2. The highest BCUT2D eigenvalue weighted by atomic mass is 16.5. The number of nitrogens with zero attached hydrogens (tertiary/aromatic N) is 3. The van der Waals surface area contributed by atoms with Gasteiger partial charge in [0.2, 0.25) is 5.95 Å². The van der Waals surface area contributed by atoms with Crippen molar-refractivity contribution in [2.24, 2.45) is 11.3 Å². The smallest absolute Gasteiger partial charge is 0.341 e. The van der Waals surface area contributed by atoms with Crippen LogP contribution >= 0.6 is 0 Å². The van der Waals surface area contributed by atoms with E-state index in [1.807, 2.05) is 13.8 Å². The lowest BCUT2D eigenvalue weighted by molar-refractivity contribution is 0.0523. The SMILES string of the molecule is CCOC(=O)c1c(C)nc(N2CCC(C(C)(C)C)CC2)nc1C. The molecule has 0 spiro atoms. The first kappa shape index (κ1) is 17.7. The van der Waals surface area contributed by atoms with Crippen molar-refractivity contribution in [1.82, 2.24) is 9.97 Å². The Kier molecular flexibility index (Phi) is 5.27. The van der Waals surface area contributed by atoms with Crippen LogP contribution in [0.5, 0.6) is 0 Å². The number of hydrogen-bond acceptors (Lipinski definition) is 5. The summed E-state index contributed by atoms with van der Waals surface area (Å²) in [5, 5.41) is 0. The molecule has 0 atom stereocenters. The summed E-state index contributed by atoms with van der Waals surface area (Å²) >= 11 is 0. The summed E-state index contributed by atoms with van der Waals surface area (Å²) in [5.74, 6) is 1.14. The van der Waals surface area contributed by atoms with Gasteiger partial charge in [-0.3, -0.25) is 0 Å². The van der Waals surface area contributed by atoms with Gasteiger partial charge in [0.1, 0.15) is 5.56 Å². The number of rotatable bonds is 3. The van der Waals surface area contributed by atoms with Crippen LogP contribution in [-0.4, -0.2) is 35.6 Å². The van der Waals surface area contributed by atoms with Gasteiger partial charge in [0.05, 0.1) is 18.0 Å². The predicted octanol–water partition coefficient (Wildman–Crippen LogP) is 3.53. The van der Waals surface area contributed by atoms with Crippen LogP contribution in [0.25, 0.3) is 0 Å². The van der Waals surface area contributed by atoms with Gasteiger partial charge in [-0.1, -0.05) is 20.8 Å². The molecular weight excluding hydrogens is 290 g/mol. The quantitative estimate of drug-likeness (QED) is 0.798. The number of esters is 1. The molecule has 23 heavy (non-hydrogen) atoms. The molecule has 0 radical (unpaired) electrons. The van der Waals surface area contributed by atoms with E-state index in [-0.39, 0.29) is 5.97 Å². The van der Waals surface area contributed by atoms with E-state index in [0.29, 0.717) is 29.0 Å². The first-order valence-electron chi connectivity index (χ1n) is 8.51. The van der Waals surface area contributed by atoms with Crippen LogP contribution in [0, 0.1) is 25.2 Å². The van der Waals surface area contributed by atoms with Crippen LogP contribution < -0.4 is 4.90 Å². The average Bonchev–Trinajstić information content (AvgIpc) is 2.46. The van der Waals surface area contributed by atoms with Crippen LogP contribution in [-0.2, 0) is 4.74 Å². The topological polar surface area (TPSA) is 55.3 Å². The third-order valence-electron chi connectivity index (χ3n) is 4.74. The maximum atomic E-state index is 12.0. The normalized spacial score (nSPS) is 16.5. The van der Waals surface area contributed by atoms with E-state index in [2.05, 4.69) is 35.6 Å². The van der Waals surface area contributed by atoms with E-state index in [0.717, 1.165) is 37.8 Å². The van der Waals surface area contributed by atoms with Crippen molar-refractivity contribution in [1.29, 1.82) is 0 Å². The summed E-state index contributed by atoms with van der Waals surface area (Å²) in [5.41, 5.74) is 2.25. The molecule has 1 aromatic heterocycles. The van der Waals surface area contributed by atoms with Gasteiger partial charge >= 0.3 is 5.97 Å². The fraction of sp³-hybridized carbons (Fsp3) is 0.722. The van der Waals surface area contributed by atoms with Gasteiger partial charge in [-0.05, 0) is 44.9 Å². The van der Waals surface area contributed by atoms with Crippen molar-refractivity contribution < 1.29 is 9.53 Å². The van der Waals surface area contributed by atoms with E-state index in [9.17, 15) is 4.79 Å². The molecule has 0 aliphatic carbocycles. The van der Waals surface area contributed by atoms with Crippen LogP contribution in [0.2, 0.25) is 0 Å². The monoisotopic (exact) mass is 319 g/mol. The van der Waals surface area contributed by atoms with Crippen molar-refractivity contribution in [2.45, 2.75) is 54.4 Å². The van der Waals surface area contributed by atoms with Gasteiger partial charge in [0.25, 0.3) is 0 Å². The second-order valence-corrected chi connectivity index (χ2v) is 7.42. The van der Waals surface area contributed by atoms with Crippen molar-refractivity contribution in [2.75, 3.05) is 24.6 Å². The highest BCUT2D eigenvalue weighted by Crippen LogP contribution is 2.35. The second-order valence-electron chi connectivity index (χ2n) is 7.42. The molecule has 0 unspecified atom stereocenters. The highest BCUT2D eigenvalue weighted by molar-refractivity contribution is 5.91. The first-order valence-corrected chi connectivity index (χ1v) is 8.51. The molecule has 1 aliphatic heterocycles. The Bertz CT molecular complexity index is 547. The standard InChI is InChI=1S/C18H29N3O2/c1-7-23-16(22)15-12(2)19-17(20-13(15)3)21-10-8-14(9-11-21)18(4,5)6/h14H,7-11H2,1-6H3. The highest BCUT2D eigenvalue weighted by Gasteiger charge is 2.30. The number of ether oxygens (including phenoxy) is 1. The van der Waals surface area contributed by atoms with Crippen molar-refractivity contribution in [3.8, 4) is 0 Å². The third kappa shape index (κ3) is 4.01. The summed E-state index contributed by atoms with van der Waals surface area (Å²) in [7, 11) is 0. The fourth-order valence-corrected chi connectivity index (χ4v) is 3.28. The molecule has 2 heterocycles. The summed E-state index contributed by atoms with van der Waals surface area (Å²) in [6.07, 6.45) is 2.31. The zero-order valence-corrected chi connectivity index (χ0v) is 15.3. The van der Waals surface area contributed by atoms with Gasteiger partial charge < -0.3 is 9.64 Å². The maximum absolute atomic E-state index is 12.0. The number of carbonyl (C=O) groups is 1. The molecule has 1 aliphatic rings. The summed E-state index contributed by atoms with van der Waals surface area (Å²) in [6.45, 7) is 14.7. The molecule has 0 bridgehead atoms. The van der Waals surface area contributed by atoms with E-state index in [1.54, 1.807) is 6.92 Å². The van der Waals surface area contributed by atoms with E-state index in [4.69, 9.17) is 4.74 Å². The number of hydrogen-bond donors (Lipinski definition) is 0. The Morgan fingerprint density at radius 3 is 2.13 bits per heavy atom. The van der Waals surface area contributed by atoms with Crippen LogP contribution in [0.15, 0.2) is 0 Å². The van der Waals surface area contributed by atoms with Gasteiger partial charge in [-0.2, -0.15) is 0 Å². The molecule has 0 N–H and O–H groups in total. The van der Waals surface area contributed by atoms with Crippen molar-refractivity contribution in [3.63, 3.8) is 0 Å². The molecule has 1 aromatic rings. The van der Waals surface area contributed by atoms with Crippen LogP contribution in [0.3, 0.4) is 0 Å². The van der Waals surface area contributed by atoms with Crippen molar-refractivity contribution >= 4 is 11.9 Å². The molecule has 0 aromatic carbocycles. The number of piperidine rings is 1.